The molecule has 1 fully saturated rings. The number of halogens is 1. The molecule has 0 spiro atoms. The third-order valence-corrected chi connectivity index (χ3v) is 4.59. The molecule has 6 heteroatoms. The fraction of sp³-hybridized carbons (Fsp3) is 0.364. The summed E-state index contributed by atoms with van der Waals surface area (Å²) < 4.78 is 16.4. The Bertz CT molecular complexity index is 796. The zero-order chi connectivity index (χ0) is 18.9. The van der Waals surface area contributed by atoms with E-state index in [-0.39, 0.29) is 12.4 Å². The first-order chi connectivity index (χ1) is 13.3. The molecule has 2 aromatic carbocycles. The Balaban J connectivity index is 0.00000280. The number of hydrogen-bond donors (Lipinski definition) is 0. The second-order valence-electron chi connectivity index (χ2n) is 6.23. The highest BCUT2D eigenvalue weighted by Crippen LogP contribution is 2.28. The van der Waals surface area contributed by atoms with Gasteiger partial charge in [-0.05, 0) is 24.3 Å². The van der Waals surface area contributed by atoms with E-state index < -0.39 is 0 Å². The molecule has 0 saturated carbocycles. The maximum Gasteiger partial charge on any atom is 0.162 e. The van der Waals surface area contributed by atoms with Crippen LogP contribution in [-0.2, 0) is 0 Å². The molecule has 0 aliphatic carbocycles. The lowest BCUT2D eigenvalue weighted by Crippen LogP contribution is -2.46. The predicted octanol–water partition coefficient (Wildman–Crippen LogP) is 3.33. The van der Waals surface area contributed by atoms with Crippen LogP contribution in [0.3, 0.4) is 0 Å². The van der Waals surface area contributed by atoms with E-state index in [2.05, 4.69) is 33.8 Å². The van der Waals surface area contributed by atoms with E-state index in [9.17, 15) is 0 Å². The maximum atomic E-state index is 5.68. The summed E-state index contributed by atoms with van der Waals surface area (Å²) in [5.41, 5.74) is 1.16. The predicted molar refractivity (Wildman–Crippen MR) is 115 cm³/mol. The minimum Gasteiger partial charge on any atom is -0.495 e. The van der Waals surface area contributed by atoms with Gasteiger partial charge in [0, 0.05) is 26.2 Å². The van der Waals surface area contributed by atoms with E-state index in [0.29, 0.717) is 6.61 Å². The van der Waals surface area contributed by atoms with Gasteiger partial charge in [-0.1, -0.05) is 36.1 Å². The largest absolute Gasteiger partial charge is 0.495 e. The third-order valence-electron chi connectivity index (χ3n) is 4.59. The van der Waals surface area contributed by atoms with Crippen LogP contribution in [-0.4, -0.2) is 58.5 Å². The first-order valence-corrected chi connectivity index (χ1v) is 9.13. The Kier molecular flexibility index (Phi) is 8.80. The van der Waals surface area contributed by atoms with Crippen LogP contribution in [0.2, 0.25) is 0 Å². The summed E-state index contributed by atoms with van der Waals surface area (Å²) in [6, 6.07) is 15.8. The van der Waals surface area contributed by atoms with Crippen molar-refractivity contribution in [2.24, 2.45) is 0 Å². The van der Waals surface area contributed by atoms with Gasteiger partial charge in [-0.25, -0.2) is 0 Å². The van der Waals surface area contributed by atoms with Gasteiger partial charge < -0.3 is 19.1 Å². The number of rotatable bonds is 6. The Labute approximate surface area is 173 Å². The highest BCUT2D eigenvalue weighted by atomic mass is 35.5. The lowest BCUT2D eigenvalue weighted by molar-refractivity contribution is 0.286. The van der Waals surface area contributed by atoms with Crippen LogP contribution in [0.25, 0.3) is 0 Å². The molecule has 2 aromatic rings. The van der Waals surface area contributed by atoms with Crippen LogP contribution < -0.4 is 19.1 Å². The van der Waals surface area contributed by atoms with Gasteiger partial charge in [0.2, 0.25) is 0 Å². The summed E-state index contributed by atoms with van der Waals surface area (Å²) in [6.45, 7) is 5.04. The van der Waals surface area contributed by atoms with E-state index >= 15 is 0 Å². The van der Waals surface area contributed by atoms with Gasteiger partial charge >= 0.3 is 0 Å². The molecule has 0 unspecified atom stereocenters. The molecule has 0 aromatic heterocycles. The van der Waals surface area contributed by atoms with E-state index in [4.69, 9.17) is 14.2 Å². The molecule has 0 atom stereocenters. The minimum atomic E-state index is 0. The summed E-state index contributed by atoms with van der Waals surface area (Å²) in [4.78, 5) is 4.73. The van der Waals surface area contributed by atoms with Crippen LogP contribution >= 0.6 is 12.4 Å². The second-order valence-corrected chi connectivity index (χ2v) is 6.23. The van der Waals surface area contributed by atoms with Gasteiger partial charge in [-0.15, -0.1) is 12.4 Å². The molecule has 1 aliphatic heterocycles. The molecule has 0 N–H and O–H groups in total. The molecule has 150 valence electrons. The van der Waals surface area contributed by atoms with Crippen molar-refractivity contribution in [1.82, 2.24) is 4.90 Å². The van der Waals surface area contributed by atoms with E-state index in [1.54, 1.807) is 14.2 Å². The second kappa shape index (κ2) is 11.3. The summed E-state index contributed by atoms with van der Waals surface area (Å²) >= 11 is 0. The molecular formula is C22H27ClN2O3. The molecule has 0 bridgehead atoms. The Morgan fingerprint density at radius 2 is 1.39 bits per heavy atom. The van der Waals surface area contributed by atoms with Crippen molar-refractivity contribution in [1.29, 1.82) is 0 Å². The average Bonchev–Trinajstić information content (AvgIpc) is 2.74. The SMILES string of the molecule is COc1ccccc1OCC#CCN1CCN(c2ccccc2OC)CC1.Cl. The van der Waals surface area contributed by atoms with Crippen LogP contribution in [0, 0.1) is 11.8 Å². The summed E-state index contributed by atoms with van der Waals surface area (Å²) in [7, 11) is 3.36. The molecule has 28 heavy (non-hydrogen) atoms. The lowest BCUT2D eigenvalue weighted by atomic mass is 10.2. The third kappa shape index (κ3) is 5.72. The molecule has 3 rings (SSSR count). The molecular weight excluding hydrogens is 376 g/mol. The molecule has 1 heterocycles. The van der Waals surface area contributed by atoms with Crippen molar-refractivity contribution in [3.8, 4) is 29.1 Å². The normalized spacial score (nSPS) is 13.7. The number of piperazine rings is 1. The molecule has 0 radical (unpaired) electrons. The lowest BCUT2D eigenvalue weighted by Gasteiger charge is -2.35. The molecule has 0 amide bonds. The number of benzene rings is 2. The number of para-hydroxylation sites is 4. The minimum absolute atomic E-state index is 0. The fourth-order valence-electron chi connectivity index (χ4n) is 3.11. The number of ether oxygens (including phenoxy) is 3. The van der Waals surface area contributed by atoms with Crippen LogP contribution in [0.1, 0.15) is 0 Å². The van der Waals surface area contributed by atoms with Crippen molar-refractivity contribution < 1.29 is 14.2 Å². The van der Waals surface area contributed by atoms with Gasteiger partial charge in [-0.3, -0.25) is 4.90 Å². The van der Waals surface area contributed by atoms with Gasteiger partial charge in [0.1, 0.15) is 12.4 Å². The van der Waals surface area contributed by atoms with Crippen molar-refractivity contribution >= 4 is 18.1 Å². The van der Waals surface area contributed by atoms with Crippen molar-refractivity contribution in [2.45, 2.75) is 0 Å². The standard InChI is InChI=1S/C22H26N2O3.ClH/c1-25-20-10-4-3-9-19(20)24-16-14-23(15-17-24)13-7-8-18-27-22-12-6-5-11-21(22)26-2;/h3-6,9-12H,13-18H2,1-2H3;1H. The van der Waals surface area contributed by atoms with Crippen molar-refractivity contribution in [3.05, 3.63) is 48.5 Å². The molecule has 5 nitrogen and oxygen atoms in total. The number of anilines is 1. The zero-order valence-electron chi connectivity index (χ0n) is 16.4. The van der Waals surface area contributed by atoms with E-state index in [1.807, 2.05) is 36.4 Å². The number of nitrogens with zero attached hydrogens (tertiary/aromatic N) is 2. The fourth-order valence-corrected chi connectivity index (χ4v) is 3.11. The maximum absolute atomic E-state index is 5.68. The first kappa shape index (κ1) is 21.7. The highest BCUT2D eigenvalue weighted by molar-refractivity contribution is 5.85. The Hall–Kier alpha value is -2.55. The number of methoxy groups -OCH3 is 2. The smallest absolute Gasteiger partial charge is 0.162 e. The summed E-state index contributed by atoms with van der Waals surface area (Å²) in [5.74, 6) is 8.68. The molecule has 1 aliphatic rings. The van der Waals surface area contributed by atoms with Crippen molar-refractivity contribution in [2.75, 3.05) is 58.5 Å². The average molecular weight is 403 g/mol. The van der Waals surface area contributed by atoms with Gasteiger partial charge in [0.05, 0.1) is 26.5 Å². The number of hydrogen-bond acceptors (Lipinski definition) is 5. The van der Waals surface area contributed by atoms with Gasteiger partial charge in [0.15, 0.2) is 11.5 Å². The van der Waals surface area contributed by atoms with Crippen LogP contribution in [0.4, 0.5) is 5.69 Å². The Morgan fingerprint density at radius 3 is 2.07 bits per heavy atom. The van der Waals surface area contributed by atoms with Crippen LogP contribution in [0.15, 0.2) is 48.5 Å². The quantitative estimate of drug-likeness (QED) is 0.692. The van der Waals surface area contributed by atoms with E-state index in [1.165, 1.54) is 0 Å². The van der Waals surface area contributed by atoms with Gasteiger partial charge in [-0.2, -0.15) is 0 Å². The highest BCUT2D eigenvalue weighted by Gasteiger charge is 2.18. The van der Waals surface area contributed by atoms with Crippen LogP contribution in [0.5, 0.6) is 17.2 Å². The topological polar surface area (TPSA) is 34.2 Å². The summed E-state index contributed by atoms with van der Waals surface area (Å²) in [6.07, 6.45) is 0. The first-order valence-electron chi connectivity index (χ1n) is 9.13. The van der Waals surface area contributed by atoms with E-state index in [0.717, 1.165) is 55.7 Å². The Morgan fingerprint density at radius 1 is 0.786 bits per heavy atom. The zero-order valence-corrected chi connectivity index (χ0v) is 17.2. The monoisotopic (exact) mass is 402 g/mol. The molecule has 1 saturated heterocycles. The van der Waals surface area contributed by atoms with Gasteiger partial charge in [0.25, 0.3) is 0 Å². The summed E-state index contributed by atoms with van der Waals surface area (Å²) in [5, 5.41) is 0. The van der Waals surface area contributed by atoms with Crippen molar-refractivity contribution in [3.63, 3.8) is 0 Å².